The number of rotatable bonds is 5. The van der Waals surface area contributed by atoms with Gasteiger partial charge in [-0.05, 0) is 128 Å². The molecule has 2 saturated heterocycles. The summed E-state index contributed by atoms with van der Waals surface area (Å²) in [7, 11) is 0. The first-order chi connectivity index (χ1) is 23.8. The van der Waals surface area contributed by atoms with Crippen LogP contribution in [-0.4, -0.2) is 26.2 Å². The van der Waals surface area contributed by atoms with E-state index in [4.69, 9.17) is 0 Å². The smallest absolute Gasteiger partial charge is 0.0372 e. The van der Waals surface area contributed by atoms with Gasteiger partial charge in [-0.2, -0.15) is 0 Å². The molecule has 0 N–H and O–H groups in total. The Kier molecular flexibility index (Phi) is 7.58. The van der Waals surface area contributed by atoms with Crippen molar-refractivity contribution in [2.75, 3.05) is 36.0 Å². The van der Waals surface area contributed by atoms with Crippen LogP contribution in [0.4, 0.5) is 11.4 Å². The minimum atomic E-state index is 1.14. The summed E-state index contributed by atoms with van der Waals surface area (Å²) < 4.78 is 0. The van der Waals surface area contributed by atoms with Gasteiger partial charge in [0, 0.05) is 37.6 Å². The zero-order chi connectivity index (χ0) is 31.9. The van der Waals surface area contributed by atoms with Gasteiger partial charge in [0.2, 0.25) is 0 Å². The van der Waals surface area contributed by atoms with Crippen molar-refractivity contribution < 1.29 is 0 Å². The summed E-state index contributed by atoms with van der Waals surface area (Å²) in [5, 5.41) is 7.92. The highest BCUT2D eigenvalue weighted by Gasteiger charge is 2.21. The molecule has 2 heteroatoms. The highest BCUT2D eigenvalue weighted by atomic mass is 15.1. The fourth-order valence-electron chi connectivity index (χ4n) is 8.42. The lowest BCUT2D eigenvalue weighted by atomic mass is 9.85. The summed E-state index contributed by atoms with van der Waals surface area (Å²) >= 11 is 0. The van der Waals surface area contributed by atoms with Gasteiger partial charge in [0.15, 0.2) is 0 Å². The van der Waals surface area contributed by atoms with E-state index < -0.39 is 0 Å². The largest absolute Gasteiger partial charge is 0.372 e. The van der Waals surface area contributed by atoms with E-state index >= 15 is 0 Å². The second-order valence-corrected chi connectivity index (χ2v) is 13.8. The van der Waals surface area contributed by atoms with Crippen LogP contribution in [0.1, 0.15) is 38.5 Å². The molecule has 0 aliphatic carbocycles. The topological polar surface area (TPSA) is 6.48 Å². The van der Waals surface area contributed by atoms with Crippen molar-refractivity contribution in [1.29, 1.82) is 0 Å². The molecular weight excluding hydrogens is 581 g/mol. The molecule has 0 radical (unpaired) electrons. The molecule has 2 fully saturated rings. The van der Waals surface area contributed by atoms with E-state index in [0.717, 1.165) is 26.2 Å². The van der Waals surface area contributed by atoms with E-state index in [-0.39, 0.29) is 0 Å². The maximum Gasteiger partial charge on any atom is 0.0372 e. The molecule has 48 heavy (non-hydrogen) atoms. The molecule has 236 valence electrons. The summed E-state index contributed by atoms with van der Waals surface area (Å²) in [5.41, 5.74) is 10.5. The van der Waals surface area contributed by atoms with Gasteiger partial charge in [0.05, 0.1) is 0 Å². The molecule has 0 atom stereocenters. The number of hydrogen-bond acceptors (Lipinski definition) is 2. The number of piperidine rings is 2. The third-order valence-electron chi connectivity index (χ3n) is 10.9. The molecule has 9 rings (SSSR count). The molecule has 7 aromatic carbocycles. The molecule has 2 nitrogen and oxygen atoms in total. The normalized spacial score (nSPS) is 15.4. The Bertz CT molecular complexity index is 2230. The minimum absolute atomic E-state index is 1.14. The molecule has 2 heterocycles. The predicted octanol–water partition coefficient (Wildman–Crippen LogP) is 12.1. The van der Waals surface area contributed by atoms with Crippen LogP contribution in [0.3, 0.4) is 0 Å². The van der Waals surface area contributed by atoms with E-state index in [1.165, 1.54) is 116 Å². The van der Waals surface area contributed by atoms with Gasteiger partial charge in [-0.15, -0.1) is 0 Å². The van der Waals surface area contributed by atoms with Gasteiger partial charge < -0.3 is 9.80 Å². The minimum Gasteiger partial charge on any atom is -0.372 e. The monoisotopic (exact) mass is 622 g/mol. The molecule has 0 saturated carbocycles. The first-order valence-corrected chi connectivity index (χ1v) is 18.0. The summed E-state index contributed by atoms with van der Waals surface area (Å²) in [5.74, 6) is 0. The zero-order valence-electron chi connectivity index (χ0n) is 27.7. The van der Waals surface area contributed by atoms with Crippen molar-refractivity contribution in [3.63, 3.8) is 0 Å². The second-order valence-electron chi connectivity index (χ2n) is 13.8. The number of nitrogens with zero attached hydrogens (tertiary/aromatic N) is 2. The fourth-order valence-corrected chi connectivity index (χ4v) is 8.42. The lowest BCUT2D eigenvalue weighted by Gasteiger charge is -2.30. The summed E-state index contributed by atoms with van der Waals surface area (Å²) in [6, 6.07) is 50.4. The van der Waals surface area contributed by atoms with Crippen LogP contribution >= 0.6 is 0 Å². The van der Waals surface area contributed by atoms with Crippen molar-refractivity contribution in [2.24, 2.45) is 0 Å². The van der Waals surface area contributed by atoms with Crippen LogP contribution < -0.4 is 9.80 Å². The number of fused-ring (bicyclic) bond motifs is 3. The first-order valence-electron chi connectivity index (χ1n) is 18.0. The van der Waals surface area contributed by atoms with E-state index in [1.807, 2.05) is 0 Å². The van der Waals surface area contributed by atoms with Gasteiger partial charge in [0.25, 0.3) is 0 Å². The van der Waals surface area contributed by atoms with Crippen molar-refractivity contribution in [3.8, 4) is 33.4 Å². The Morgan fingerprint density at radius 2 is 0.833 bits per heavy atom. The first kappa shape index (κ1) is 29.1. The average Bonchev–Trinajstić information content (AvgIpc) is 3.17. The number of anilines is 2. The predicted molar refractivity (Wildman–Crippen MR) is 207 cm³/mol. The Balaban J connectivity index is 1.29. The molecule has 0 aromatic heterocycles. The number of hydrogen-bond donors (Lipinski definition) is 0. The van der Waals surface area contributed by atoms with Crippen molar-refractivity contribution in [2.45, 2.75) is 38.5 Å². The quantitative estimate of drug-likeness (QED) is 0.176. The molecule has 0 unspecified atom stereocenters. The van der Waals surface area contributed by atoms with E-state index in [2.05, 4.69) is 143 Å². The van der Waals surface area contributed by atoms with Gasteiger partial charge >= 0.3 is 0 Å². The molecule has 2 aliphatic heterocycles. The Morgan fingerprint density at radius 3 is 1.44 bits per heavy atom. The lowest BCUT2D eigenvalue weighted by molar-refractivity contribution is 0.578. The number of benzene rings is 7. The zero-order valence-corrected chi connectivity index (χ0v) is 27.7. The van der Waals surface area contributed by atoms with Crippen LogP contribution in [0.2, 0.25) is 0 Å². The fraction of sp³-hybridized carbons (Fsp3) is 0.217. The molecule has 0 amide bonds. The second kappa shape index (κ2) is 12.5. The Morgan fingerprint density at radius 1 is 0.333 bits per heavy atom. The molecular formula is C46H42N2. The Hall–Kier alpha value is -5.08. The van der Waals surface area contributed by atoms with Crippen LogP contribution in [0.15, 0.2) is 133 Å². The molecule has 0 spiro atoms. The molecule has 2 aliphatic rings. The van der Waals surface area contributed by atoms with Crippen LogP contribution in [-0.2, 0) is 0 Å². The average molecular weight is 623 g/mol. The highest BCUT2D eigenvalue weighted by molar-refractivity contribution is 6.22. The summed E-state index contributed by atoms with van der Waals surface area (Å²) in [6.07, 6.45) is 7.76. The van der Waals surface area contributed by atoms with Crippen molar-refractivity contribution in [1.82, 2.24) is 0 Å². The van der Waals surface area contributed by atoms with E-state index in [0.29, 0.717) is 0 Å². The Labute approximate surface area is 284 Å². The lowest BCUT2D eigenvalue weighted by Crippen LogP contribution is -2.29. The van der Waals surface area contributed by atoms with Gasteiger partial charge in [-0.1, -0.05) is 109 Å². The molecule has 7 aromatic rings. The highest BCUT2D eigenvalue weighted by Crippen LogP contribution is 2.46. The van der Waals surface area contributed by atoms with Crippen molar-refractivity contribution >= 4 is 43.7 Å². The summed E-state index contributed by atoms with van der Waals surface area (Å²) in [6.45, 7) is 4.56. The molecule has 0 bridgehead atoms. The maximum atomic E-state index is 2.60. The summed E-state index contributed by atoms with van der Waals surface area (Å²) in [4.78, 5) is 5.20. The van der Waals surface area contributed by atoms with Crippen LogP contribution in [0, 0.1) is 0 Å². The van der Waals surface area contributed by atoms with Gasteiger partial charge in [-0.25, -0.2) is 0 Å². The van der Waals surface area contributed by atoms with Crippen LogP contribution in [0.25, 0.3) is 65.7 Å². The van der Waals surface area contributed by atoms with Gasteiger partial charge in [-0.3, -0.25) is 0 Å². The maximum absolute atomic E-state index is 2.60. The third-order valence-corrected chi connectivity index (χ3v) is 10.9. The third kappa shape index (κ3) is 5.21. The van der Waals surface area contributed by atoms with Crippen LogP contribution in [0.5, 0.6) is 0 Å². The van der Waals surface area contributed by atoms with E-state index in [1.54, 1.807) is 0 Å². The standard InChI is InChI=1S/C46H42N2/c1-4-14-35(15-5-1)45-41-25-23-38(48-29-10-3-11-30-48)32-44(41)46(42-26-24-37(31-43(42)45)47-27-8-2-9-28-47)36-21-19-34(20-22-36)40-18-12-16-33-13-6-7-17-39(33)40/h1,4-7,12-26,31-32H,2-3,8-11,27-30H2. The van der Waals surface area contributed by atoms with Crippen molar-refractivity contribution in [3.05, 3.63) is 133 Å². The van der Waals surface area contributed by atoms with E-state index in [9.17, 15) is 0 Å². The van der Waals surface area contributed by atoms with Gasteiger partial charge in [0.1, 0.15) is 0 Å². The SMILES string of the molecule is c1ccc(-c2c3ccc(N4CCCCC4)cc3c(-c3ccc(-c4cccc5ccccc45)cc3)c3ccc(N4CCCCC4)cc23)cc1.